The van der Waals surface area contributed by atoms with Gasteiger partial charge in [0, 0.05) is 18.7 Å². The summed E-state index contributed by atoms with van der Waals surface area (Å²) in [6.45, 7) is 4.56. The second-order valence-electron chi connectivity index (χ2n) is 5.18. The van der Waals surface area contributed by atoms with Crippen LogP contribution in [0.5, 0.6) is 5.75 Å². The lowest BCUT2D eigenvalue weighted by atomic mass is 10.2. The fourth-order valence-electron chi connectivity index (χ4n) is 2.44. The Balaban J connectivity index is 2.40. The van der Waals surface area contributed by atoms with Crippen molar-refractivity contribution in [2.24, 2.45) is 0 Å². The number of hydrogen-bond donors (Lipinski definition) is 1. The molecule has 6 nitrogen and oxygen atoms in total. The van der Waals surface area contributed by atoms with Crippen molar-refractivity contribution < 1.29 is 17.9 Å². The van der Waals surface area contributed by atoms with Crippen molar-refractivity contribution in [3.63, 3.8) is 0 Å². The summed E-state index contributed by atoms with van der Waals surface area (Å²) in [7, 11) is -2.13. The zero-order valence-corrected chi connectivity index (χ0v) is 13.4. The van der Waals surface area contributed by atoms with E-state index < -0.39 is 10.0 Å². The molecule has 7 heteroatoms. The minimum atomic E-state index is -3.64. The summed E-state index contributed by atoms with van der Waals surface area (Å²) in [6.07, 6.45) is 0.573. The zero-order chi connectivity index (χ0) is 15.6. The molecule has 2 atom stereocenters. The summed E-state index contributed by atoms with van der Waals surface area (Å²) in [5, 5.41) is 0. The number of nitrogens with two attached hydrogens (primary N) is 1. The third-order valence-corrected chi connectivity index (χ3v) is 5.68. The van der Waals surface area contributed by atoms with Gasteiger partial charge < -0.3 is 15.2 Å². The second-order valence-corrected chi connectivity index (χ2v) is 7.04. The van der Waals surface area contributed by atoms with Crippen molar-refractivity contribution in [3.8, 4) is 5.75 Å². The first-order chi connectivity index (χ1) is 9.90. The van der Waals surface area contributed by atoms with E-state index in [1.807, 2.05) is 13.8 Å². The Labute approximate surface area is 125 Å². The first kappa shape index (κ1) is 16.1. The van der Waals surface area contributed by atoms with Crippen LogP contribution in [0.25, 0.3) is 0 Å². The van der Waals surface area contributed by atoms with Gasteiger partial charge in [-0.1, -0.05) is 6.92 Å². The van der Waals surface area contributed by atoms with Crippen LogP contribution in [0, 0.1) is 0 Å². The van der Waals surface area contributed by atoms with E-state index in [-0.39, 0.29) is 22.7 Å². The van der Waals surface area contributed by atoms with Gasteiger partial charge in [-0.3, -0.25) is 0 Å². The summed E-state index contributed by atoms with van der Waals surface area (Å²) in [6, 6.07) is 4.47. The van der Waals surface area contributed by atoms with Crippen molar-refractivity contribution in [2.45, 2.75) is 37.3 Å². The van der Waals surface area contributed by atoms with E-state index in [1.165, 1.54) is 23.5 Å². The molecule has 1 aromatic carbocycles. The number of nitrogens with zero attached hydrogens (tertiary/aromatic N) is 1. The van der Waals surface area contributed by atoms with E-state index in [4.69, 9.17) is 15.2 Å². The Morgan fingerprint density at radius 3 is 2.76 bits per heavy atom. The van der Waals surface area contributed by atoms with E-state index in [0.29, 0.717) is 25.3 Å². The van der Waals surface area contributed by atoms with Gasteiger partial charge in [-0.15, -0.1) is 0 Å². The number of morpholine rings is 1. The fraction of sp³-hybridized carbons (Fsp3) is 0.571. The van der Waals surface area contributed by atoms with Crippen molar-refractivity contribution in [1.29, 1.82) is 0 Å². The Hall–Kier alpha value is -1.31. The van der Waals surface area contributed by atoms with Gasteiger partial charge in [0.15, 0.2) is 0 Å². The number of hydrogen-bond acceptors (Lipinski definition) is 5. The Kier molecular flexibility index (Phi) is 4.75. The molecular formula is C14H22N2O4S. The van der Waals surface area contributed by atoms with Crippen LogP contribution in [0.1, 0.15) is 20.3 Å². The summed E-state index contributed by atoms with van der Waals surface area (Å²) < 4.78 is 37.9. The van der Waals surface area contributed by atoms with Gasteiger partial charge in [0.2, 0.25) is 10.0 Å². The molecule has 1 fully saturated rings. The molecule has 1 saturated heterocycles. The maximum Gasteiger partial charge on any atom is 0.245 e. The van der Waals surface area contributed by atoms with Gasteiger partial charge in [0.05, 0.1) is 25.5 Å². The molecule has 0 aromatic heterocycles. The number of anilines is 1. The van der Waals surface area contributed by atoms with Gasteiger partial charge >= 0.3 is 0 Å². The van der Waals surface area contributed by atoms with Crippen molar-refractivity contribution in [2.75, 3.05) is 26.0 Å². The Bertz CT molecular complexity index is 603. The first-order valence-corrected chi connectivity index (χ1v) is 8.41. The highest BCUT2D eigenvalue weighted by atomic mass is 32.2. The number of sulfonamides is 1. The van der Waals surface area contributed by atoms with E-state index in [2.05, 4.69) is 0 Å². The highest BCUT2D eigenvalue weighted by Crippen LogP contribution is 2.29. The van der Waals surface area contributed by atoms with Crippen LogP contribution in [0.2, 0.25) is 0 Å². The quantitative estimate of drug-likeness (QED) is 0.851. The highest BCUT2D eigenvalue weighted by molar-refractivity contribution is 7.89. The van der Waals surface area contributed by atoms with Gasteiger partial charge in [0.25, 0.3) is 0 Å². The summed E-state index contributed by atoms with van der Waals surface area (Å²) in [4.78, 5) is 0.121. The largest absolute Gasteiger partial charge is 0.497 e. The minimum absolute atomic E-state index is 0.121. The normalized spacial score (nSPS) is 24.0. The predicted molar refractivity (Wildman–Crippen MR) is 80.8 cm³/mol. The smallest absolute Gasteiger partial charge is 0.245 e. The lowest BCUT2D eigenvalue weighted by Crippen LogP contribution is -2.51. The molecule has 0 bridgehead atoms. The maximum absolute atomic E-state index is 12.9. The monoisotopic (exact) mass is 314 g/mol. The Morgan fingerprint density at radius 2 is 2.19 bits per heavy atom. The molecule has 0 spiro atoms. The third-order valence-electron chi connectivity index (χ3n) is 3.69. The number of ether oxygens (including phenoxy) is 2. The average molecular weight is 314 g/mol. The lowest BCUT2D eigenvalue weighted by molar-refractivity contribution is -0.0230. The maximum atomic E-state index is 12.9. The van der Waals surface area contributed by atoms with Gasteiger partial charge in [0.1, 0.15) is 10.6 Å². The molecule has 1 aliphatic rings. The summed E-state index contributed by atoms with van der Waals surface area (Å²) >= 11 is 0. The molecule has 0 saturated carbocycles. The van der Waals surface area contributed by atoms with Crippen molar-refractivity contribution >= 4 is 15.7 Å². The van der Waals surface area contributed by atoms with E-state index in [1.54, 1.807) is 6.07 Å². The van der Waals surface area contributed by atoms with Crippen LogP contribution < -0.4 is 10.5 Å². The zero-order valence-electron chi connectivity index (χ0n) is 12.6. The van der Waals surface area contributed by atoms with Crippen LogP contribution in [-0.2, 0) is 14.8 Å². The van der Waals surface area contributed by atoms with Crippen molar-refractivity contribution in [1.82, 2.24) is 4.31 Å². The molecule has 1 aromatic rings. The van der Waals surface area contributed by atoms with Gasteiger partial charge in [-0.2, -0.15) is 4.31 Å². The number of methoxy groups -OCH3 is 1. The first-order valence-electron chi connectivity index (χ1n) is 6.97. The molecule has 2 N–H and O–H groups in total. The lowest BCUT2D eigenvalue weighted by Gasteiger charge is -2.37. The molecule has 2 rings (SSSR count). The van der Waals surface area contributed by atoms with Crippen LogP contribution >= 0.6 is 0 Å². The van der Waals surface area contributed by atoms with E-state index in [0.717, 1.165) is 0 Å². The second kappa shape index (κ2) is 6.21. The Morgan fingerprint density at radius 1 is 1.48 bits per heavy atom. The SMILES string of the molecule is CCC1COC(C)CN1S(=O)(=O)c1ccc(OC)cc1N. The standard InChI is InChI=1S/C14H22N2O4S/c1-4-11-9-20-10(2)8-16(11)21(17,18)14-6-5-12(19-3)7-13(14)15/h5-7,10-11H,4,8-9,15H2,1-3H3. The molecule has 0 aliphatic carbocycles. The van der Waals surface area contributed by atoms with Crippen LogP contribution in [0.15, 0.2) is 23.1 Å². The van der Waals surface area contributed by atoms with Crippen LogP contribution in [0.3, 0.4) is 0 Å². The summed E-state index contributed by atoms with van der Waals surface area (Å²) in [5.41, 5.74) is 6.09. The number of rotatable bonds is 4. The third kappa shape index (κ3) is 3.14. The molecule has 0 amide bonds. The van der Waals surface area contributed by atoms with Crippen molar-refractivity contribution in [3.05, 3.63) is 18.2 Å². The van der Waals surface area contributed by atoms with E-state index in [9.17, 15) is 8.42 Å². The molecule has 1 heterocycles. The van der Waals surface area contributed by atoms with Crippen LogP contribution in [-0.4, -0.2) is 45.1 Å². The molecule has 118 valence electrons. The predicted octanol–water partition coefficient (Wildman–Crippen LogP) is 1.47. The molecule has 2 unspecified atom stereocenters. The average Bonchev–Trinajstić information content (AvgIpc) is 2.46. The van der Waals surface area contributed by atoms with Crippen LogP contribution in [0.4, 0.5) is 5.69 Å². The van der Waals surface area contributed by atoms with Gasteiger partial charge in [-0.05, 0) is 25.5 Å². The topological polar surface area (TPSA) is 81.9 Å². The highest BCUT2D eigenvalue weighted by Gasteiger charge is 2.36. The van der Waals surface area contributed by atoms with Gasteiger partial charge in [-0.25, -0.2) is 8.42 Å². The minimum Gasteiger partial charge on any atom is -0.497 e. The molecule has 1 aliphatic heterocycles. The molecule has 0 radical (unpaired) electrons. The molecule has 21 heavy (non-hydrogen) atoms. The van der Waals surface area contributed by atoms with E-state index >= 15 is 0 Å². The fourth-order valence-corrected chi connectivity index (χ4v) is 4.30. The summed E-state index contributed by atoms with van der Waals surface area (Å²) in [5.74, 6) is 0.536. The number of benzene rings is 1. The number of nitrogen functional groups attached to an aromatic ring is 1. The molecular weight excluding hydrogens is 292 g/mol.